The predicted octanol–water partition coefficient (Wildman–Crippen LogP) is 2.99. The van der Waals surface area contributed by atoms with E-state index in [-0.39, 0.29) is 28.7 Å². The molecule has 2 N–H and O–H groups in total. The van der Waals surface area contributed by atoms with Gasteiger partial charge >= 0.3 is 0 Å². The summed E-state index contributed by atoms with van der Waals surface area (Å²) in [6.07, 6.45) is 4.45. The number of hydrogen-bond donors (Lipinski definition) is 2. The van der Waals surface area contributed by atoms with Crippen molar-refractivity contribution in [2.45, 2.75) is 31.9 Å². The number of halogens is 1. The zero-order valence-corrected chi connectivity index (χ0v) is 18.8. The minimum Gasteiger partial charge on any atom is -0.357 e. The van der Waals surface area contributed by atoms with Crippen LogP contribution in [0, 0.1) is 0 Å². The van der Waals surface area contributed by atoms with E-state index in [0.717, 1.165) is 19.0 Å². The summed E-state index contributed by atoms with van der Waals surface area (Å²) in [6, 6.07) is 5.59. The van der Waals surface area contributed by atoms with Crippen molar-refractivity contribution < 1.29 is 4.52 Å². The van der Waals surface area contributed by atoms with E-state index in [9.17, 15) is 0 Å². The molecule has 9 heteroatoms. The second kappa shape index (κ2) is 11.4. The van der Waals surface area contributed by atoms with E-state index in [4.69, 9.17) is 4.52 Å². The predicted molar refractivity (Wildman–Crippen MR) is 118 cm³/mol. The van der Waals surface area contributed by atoms with Crippen molar-refractivity contribution in [3.8, 4) is 11.6 Å². The normalized spacial score (nSPS) is 11.8. The molecule has 0 amide bonds. The van der Waals surface area contributed by atoms with Crippen molar-refractivity contribution in [1.82, 2.24) is 25.8 Å². The lowest BCUT2D eigenvalue weighted by Gasteiger charge is -2.20. The molecule has 2 aromatic heterocycles. The number of thioether (sulfide) groups is 1. The van der Waals surface area contributed by atoms with E-state index in [2.05, 4.69) is 57.8 Å². The van der Waals surface area contributed by atoms with Crippen LogP contribution in [0.2, 0.25) is 0 Å². The van der Waals surface area contributed by atoms with Crippen LogP contribution in [0.4, 0.5) is 0 Å². The van der Waals surface area contributed by atoms with Crippen molar-refractivity contribution in [3.05, 3.63) is 30.2 Å². The van der Waals surface area contributed by atoms with Crippen molar-refractivity contribution >= 4 is 41.7 Å². The molecule has 0 aliphatic carbocycles. The van der Waals surface area contributed by atoms with Crippen LogP contribution in [0.1, 0.15) is 26.6 Å². The maximum Gasteiger partial charge on any atom is 0.276 e. The molecule has 2 heterocycles. The quantitative estimate of drug-likeness (QED) is 0.334. The molecule has 0 aliphatic heterocycles. The number of nitrogens with one attached hydrogen (secondary N) is 2. The summed E-state index contributed by atoms with van der Waals surface area (Å²) in [5.74, 6) is 1.89. The van der Waals surface area contributed by atoms with Crippen LogP contribution in [-0.2, 0) is 6.42 Å². The Balaban J connectivity index is 0.00000338. The van der Waals surface area contributed by atoms with Crippen molar-refractivity contribution in [3.63, 3.8) is 0 Å². The summed E-state index contributed by atoms with van der Waals surface area (Å²) in [6.45, 7) is 8.65. The summed E-state index contributed by atoms with van der Waals surface area (Å²) >= 11 is 1.81. The van der Waals surface area contributed by atoms with Gasteiger partial charge in [-0.15, -0.1) is 24.0 Å². The number of hydrogen-bond acceptors (Lipinski definition) is 6. The lowest BCUT2D eigenvalue weighted by molar-refractivity contribution is 0.421. The SMILES string of the molecule is CCNC(=NCC(C)(C)SC)NCCc1noc(-c2ccccn2)n1.I. The molecule has 0 atom stereocenters. The molecular weight excluding hydrogens is 463 g/mol. The Kier molecular flexibility index (Phi) is 9.92. The smallest absolute Gasteiger partial charge is 0.276 e. The van der Waals surface area contributed by atoms with Gasteiger partial charge in [0.1, 0.15) is 5.69 Å². The van der Waals surface area contributed by atoms with Crippen LogP contribution in [0.15, 0.2) is 33.9 Å². The molecule has 0 unspecified atom stereocenters. The molecule has 2 aromatic rings. The molecule has 0 radical (unpaired) electrons. The summed E-state index contributed by atoms with van der Waals surface area (Å²) < 4.78 is 5.38. The highest BCUT2D eigenvalue weighted by Crippen LogP contribution is 2.20. The molecule has 2 rings (SSSR count). The summed E-state index contributed by atoms with van der Waals surface area (Å²) in [5.41, 5.74) is 0.684. The van der Waals surface area contributed by atoms with E-state index in [0.29, 0.717) is 30.4 Å². The van der Waals surface area contributed by atoms with Crippen LogP contribution in [0.25, 0.3) is 11.6 Å². The van der Waals surface area contributed by atoms with Gasteiger partial charge in [0.05, 0.1) is 6.54 Å². The topological polar surface area (TPSA) is 88.2 Å². The van der Waals surface area contributed by atoms with Crippen molar-refractivity contribution in [2.75, 3.05) is 25.9 Å². The molecule has 0 saturated heterocycles. The fourth-order valence-corrected chi connectivity index (χ4v) is 2.11. The van der Waals surface area contributed by atoms with E-state index in [1.807, 2.05) is 30.0 Å². The lowest BCUT2D eigenvalue weighted by Crippen LogP contribution is -2.39. The third-order valence-corrected chi connectivity index (χ3v) is 4.74. The summed E-state index contributed by atoms with van der Waals surface area (Å²) in [4.78, 5) is 13.2. The Morgan fingerprint density at radius 2 is 2.12 bits per heavy atom. The van der Waals surface area contributed by atoms with Gasteiger partial charge in [-0.3, -0.25) is 9.98 Å². The molecule has 0 saturated carbocycles. The van der Waals surface area contributed by atoms with Crippen molar-refractivity contribution in [2.24, 2.45) is 4.99 Å². The van der Waals surface area contributed by atoms with Gasteiger partial charge in [-0.1, -0.05) is 11.2 Å². The van der Waals surface area contributed by atoms with Gasteiger partial charge in [0.15, 0.2) is 11.8 Å². The largest absolute Gasteiger partial charge is 0.357 e. The Hall–Kier alpha value is -1.36. The molecule has 0 spiro atoms. The Morgan fingerprint density at radius 3 is 2.77 bits per heavy atom. The molecule has 0 aliphatic rings. The Labute approximate surface area is 176 Å². The van der Waals surface area contributed by atoms with E-state index >= 15 is 0 Å². The Morgan fingerprint density at radius 1 is 1.31 bits per heavy atom. The van der Waals surface area contributed by atoms with Crippen LogP contribution in [-0.4, -0.2) is 51.7 Å². The third-order valence-electron chi connectivity index (χ3n) is 3.51. The van der Waals surface area contributed by atoms with Crippen LogP contribution in [0.3, 0.4) is 0 Å². The van der Waals surface area contributed by atoms with Crippen LogP contribution < -0.4 is 10.6 Å². The molecule has 26 heavy (non-hydrogen) atoms. The molecule has 0 fully saturated rings. The standard InChI is InChI=1S/C17H26N6OS.HI/c1-5-18-16(21-12-17(2,3)25-4)20-11-9-14-22-15(24-23-14)13-8-6-7-10-19-13;/h6-8,10H,5,9,11-12H2,1-4H3,(H2,18,20,21);1H. The number of pyridine rings is 1. The molecule has 0 aromatic carbocycles. The first-order valence-electron chi connectivity index (χ1n) is 8.35. The first kappa shape index (κ1) is 22.7. The fraction of sp³-hybridized carbons (Fsp3) is 0.529. The zero-order chi connectivity index (χ0) is 18.1. The number of rotatable bonds is 8. The van der Waals surface area contributed by atoms with E-state index < -0.39 is 0 Å². The summed E-state index contributed by atoms with van der Waals surface area (Å²) in [5, 5.41) is 10.6. The minimum absolute atomic E-state index is 0. The average molecular weight is 490 g/mol. The maximum atomic E-state index is 5.26. The third kappa shape index (κ3) is 7.48. The lowest BCUT2D eigenvalue weighted by atomic mass is 10.2. The van der Waals surface area contributed by atoms with Gasteiger partial charge in [0, 0.05) is 30.5 Å². The first-order chi connectivity index (χ1) is 12.0. The van der Waals surface area contributed by atoms with Crippen molar-refractivity contribution in [1.29, 1.82) is 0 Å². The molecule has 7 nitrogen and oxygen atoms in total. The highest BCUT2D eigenvalue weighted by Gasteiger charge is 2.15. The van der Waals surface area contributed by atoms with E-state index in [1.54, 1.807) is 6.20 Å². The van der Waals surface area contributed by atoms with Gasteiger partial charge in [-0.2, -0.15) is 16.7 Å². The Bertz CT molecular complexity index is 677. The van der Waals surface area contributed by atoms with E-state index in [1.165, 1.54) is 0 Å². The average Bonchev–Trinajstić information content (AvgIpc) is 3.09. The maximum absolute atomic E-state index is 5.26. The number of aromatic nitrogens is 3. The minimum atomic E-state index is 0. The van der Waals surface area contributed by atoms with Gasteiger partial charge in [-0.05, 0) is 39.2 Å². The van der Waals surface area contributed by atoms with Gasteiger partial charge in [-0.25, -0.2) is 0 Å². The van der Waals surface area contributed by atoms with Crippen LogP contribution >= 0.6 is 35.7 Å². The fourth-order valence-electron chi connectivity index (χ4n) is 1.92. The van der Waals surface area contributed by atoms with Crippen LogP contribution in [0.5, 0.6) is 0 Å². The van der Waals surface area contributed by atoms with Gasteiger partial charge in [0.25, 0.3) is 5.89 Å². The second-order valence-electron chi connectivity index (χ2n) is 6.07. The summed E-state index contributed by atoms with van der Waals surface area (Å²) in [7, 11) is 0. The molecular formula is C17H27IN6OS. The highest BCUT2D eigenvalue weighted by atomic mass is 127. The van der Waals surface area contributed by atoms with Gasteiger partial charge in [0.2, 0.25) is 0 Å². The van der Waals surface area contributed by atoms with Gasteiger partial charge < -0.3 is 15.2 Å². The number of aliphatic imine (C=N–C) groups is 1. The second-order valence-corrected chi connectivity index (χ2v) is 7.58. The first-order valence-corrected chi connectivity index (χ1v) is 9.58. The zero-order valence-electron chi connectivity index (χ0n) is 15.7. The number of nitrogens with zero attached hydrogens (tertiary/aromatic N) is 4. The monoisotopic (exact) mass is 490 g/mol. The molecule has 0 bridgehead atoms. The number of guanidine groups is 1. The highest BCUT2D eigenvalue weighted by molar-refractivity contribution is 14.0. The molecule has 144 valence electrons.